The molecule has 34 heavy (non-hydrogen) atoms. The van der Waals surface area contributed by atoms with E-state index in [1.807, 2.05) is 24.3 Å². The van der Waals surface area contributed by atoms with Gasteiger partial charge in [-0.25, -0.2) is 9.59 Å². The molecule has 2 amide bonds. The van der Waals surface area contributed by atoms with Crippen molar-refractivity contribution in [3.8, 4) is 11.1 Å². The SMILES string of the molecule is C/C(=C\CNC(=O)C1CCCC(NC(=O)OCC2c3ccccc3-c3ccccc32)C1)C(=O)O. The lowest BCUT2D eigenvalue weighted by atomic mass is 9.85. The summed E-state index contributed by atoms with van der Waals surface area (Å²) in [6.45, 7) is 1.92. The fourth-order valence-electron chi connectivity index (χ4n) is 4.90. The van der Waals surface area contributed by atoms with Crippen molar-refractivity contribution in [1.82, 2.24) is 10.6 Å². The van der Waals surface area contributed by atoms with E-state index in [0.29, 0.717) is 6.42 Å². The molecule has 1 fully saturated rings. The van der Waals surface area contributed by atoms with Crippen LogP contribution >= 0.6 is 0 Å². The zero-order chi connectivity index (χ0) is 24.1. The summed E-state index contributed by atoms with van der Waals surface area (Å²) in [6.07, 6.45) is 3.93. The number of nitrogens with one attached hydrogen (secondary N) is 2. The molecule has 4 rings (SSSR count). The minimum atomic E-state index is -1.00. The quantitative estimate of drug-likeness (QED) is 0.534. The molecule has 0 aromatic heterocycles. The molecule has 2 aromatic carbocycles. The molecule has 7 heteroatoms. The number of amides is 2. The first-order valence-corrected chi connectivity index (χ1v) is 11.7. The Kier molecular flexibility index (Phi) is 7.30. The van der Waals surface area contributed by atoms with Crippen LogP contribution in [0.15, 0.2) is 60.2 Å². The second-order valence-corrected chi connectivity index (χ2v) is 8.97. The first-order valence-electron chi connectivity index (χ1n) is 11.7. The molecular formula is C27H30N2O5. The lowest BCUT2D eigenvalue weighted by Gasteiger charge is -2.28. The number of carbonyl (C=O) groups is 3. The normalized spacial score (nSPS) is 19.6. The molecule has 7 nitrogen and oxygen atoms in total. The molecule has 2 aliphatic rings. The monoisotopic (exact) mass is 462 g/mol. The van der Waals surface area contributed by atoms with E-state index in [1.54, 1.807) is 0 Å². The van der Waals surface area contributed by atoms with Gasteiger partial charge in [0.15, 0.2) is 0 Å². The van der Waals surface area contributed by atoms with E-state index in [-0.39, 0.29) is 42.5 Å². The van der Waals surface area contributed by atoms with Gasteiger partial charge in [-0.1, -0.05) is 61.0 Å². The van der Waals surface area contributed by atoms with Gasteiger partial charge in [0.25, 0.3) is 0 Å². The average Bonchev–Trinajstić information content (AvgIpc) is 3.16. The summed E-state index contributed by atoms with van der Waals surface area (Å²) >= 11 is 0. The van der Waals surface area contributed by atoms with Crippen LogP contribution in [0.1, 0.15) is 49.7 Å². The summed E-state index contributed by atoms with van der Waals surface area (Å²) in [4.78, 5) is 35.9. The minimum absolute atomic E-state index is 0.00495. The molecule has 3 N–H and O–H groups in total. The lowest BCUT2D eigenvalue weighted by Crippen LogP contribution is -2.43. The summed E-state index contributed by atoms with van der Waals surface area (Å²) in [5.41, 5.74) is 4.89. The molecule has 0 aliphatic heterocycles. The maximum absolute atomic E-state index is 12.6. The number of fused-ring (bicyclic) bond motifs is 3. The highest BCUT2D eigenvalue weighted by Crippen LogP contribution is 2.44. The Labute approximate surface area is 199 Å². The largest absolute Gasteiger partial charge is 0.478 e. The smallest absolute Gasteiger partial charge is 0.407 e. The molecule has 0 bridgehead atoms. The van der Waals surface area contributed by atoms with Gasteiger partial charge in [-0.3, -0.25) is 4.79 Å². The maximum atomic E-state index is 12.6. The highest BCUT2D eigenvalue weighted by molar-refractivity contribution is 5.86. The maximum Gasteiger partial charge on any atom is 0.407 e. The van der Waals surface area contributed by atoms with Gasteiger partial charge in [0.2, 0.25) is 5.91 Å². The number of hydrogen-bond acceptors (Lipinski definition) is 4. The van der Waals surface area contributed by atoms with E-state index in [4.69, 9.17) is 9.84 Å². The van der Waals surface area contributed by atoms with Gasteiger partial charge in [0.1, 0.15) is 6.61 Å². The standard InChI is InChI=1S/C27H30N2O5/c1-17(26(31)32)13-14-28-25(30)18-7-6-8-19(15-18)29-27(33)34-16-24-22-11-4-2-9-20(22)21-10-3-5-12-23(21)24/h2-5,9-13,18-19,24H,6-8,14-16H2,1H3,(H,28,30)(H,29,33)(H,31,32)/b17-13+. The Morgan fingerprint density at radius 3 is 2.32 bits per heavy atom. The van der Waals surface area contributed by atoms with Crippen LogP contribution < -0.4 is 10.6 Å². The fourth-order valence-corrected chi connectivity index (χ4v) is 4.90. The van der Waals surface area contributed by atoms with Crippen molar-refractivity contribution in [3.05, 3.63) is 71.3 Å². The number of rotatable bonds is 7. The number of carboxylic acids is 1. The number of benzene rings is 2. The van der Waals surface area contributed by atoms with Crippen molar-refractivity contribution in [1.29, 1.82) is 0 Å². The Balaban J connectivity index is 1.29. The van der Waals surface area contributed by atoms with Crippen molar-refractivity contribution in [2.75, 3.05) is 13.2 Å². The molecule has 1 saturated carbocycles. The van der Waals surface area contributed by atoms with E-state index in [9.17, 15) is 14.4 Å². The summed E-state index contributed by atoms with van der Waals surface area (Å²) in [6, 6.07) is 16.3. The second-order valence-electron chi connectivity index (χ2n) is 8.97. The van der Waals surface area contributed by atoms with Gasteiger partial charge in [0, 0.05) is 30.0 Å². The average molecular weight is 463 g/mol. The summed E-state index contributed by atoms with van der Waals surface area (Å²) in [7, 11) is 0. The Morgan fingerprint density at radius 1 is 1.03 bits per heavy atom. The van der Waals surface area contributed by atoms with E-state index >= 15 is 0 Å². The van der Waals surface area contributed by atoms with E-state index < -0.39 is 12.1 Å². The molecule has 0 saturated heterocycles. The molecule has 0 spiro atoms. The number of carbonyl (C=O) groups excluding carboxylic acids is 2. The summed E-state index contributed by atoms with van der Waals surface area (Å²) in [5.74, 6) is -1.33. The summed E-state index contributed by atoms with van der Waals surface area (Å²) in [5, 5.41) is 14.6. The van der Waals surface area contributed by atoms with Crippen LogP contribution in [0.25, 0.3) is 11.1 Å². The van der Waals surface area contributed by atoms with E-state index in [0.717, 1.165) is 30.4 Å². The van der Waals surface area contributed by atoms with Crippen molar-refractivity contribution >= 4 is 18.0 Å². The summed E-state index contributed by atoms with van der Waals surface area (Å²) < 4.78 is 5.64. The number of carboxylic acid groups (broad SMARTS) is 1. The molecule has 2 atom stereocenters. The highest BCUT2D eigenvalue weighted by Gasteiger charge is 2.31. The lowest BCUT2D eigenvalue weighted by molar-refractivity contribution is -0.132. The molecule has 2 unspecified atom stereocenters. The number of hydrogen-bond donors (Lipinski definition) is 3. The zero-order valence-electron chi connectivity index (χ0n) is 19.3. The van der Waals surface area contributed by atoms with Crippen LogP contribution in [-0.4, -0.2) is 42.3 Å². The third-order valence-electron chi connectivity index (χ3n) is 6.73. The van der Waals surface area contributed by atoms with Crippen LogP contribution in [0.2, 0.25) is 0 Å². The molecular weight excluding hydrogens is 432 g/mol. The van der Waals surface area contributed by atoms with Gasteiger partial charge in [-0.05, 0) is 48.4 Å². The predicted molar refractivity (Wildman–Crippen MR) is 128 cm³/mol. The van der Waals surface area contributed by atoms with E-state index in [1.165, 1.54) is 24.1 Å². The van der Waals surface area contributed by atoms with E-state index in [2.05, 4.69) is 34.9 Å². The zero-order valence-corrected chi connectivity index (χ0v) is 19.3. The highest BCUT2D eigenvalue weighted by atomic mass is 16.5. The first kappa shape index (κ1) is 23.5. The second kappa shape index (κ2) is 10.5. The molecule has 2 aromatic rings. The van der Waals surface area contributed by atoms with Crippen LogP contribution in [0.3, 0.4) is 0 Å². The molecule has 0 heterocycles. The van der Waals surface area contributed by atoms with Crippen LogP contribution in [-0.2, 0) is 14.3 Å². The fraction of sp³-hybridized carbons (Fsp3) is 0.370. The van der Waals surface area contributed by atoms with Gasteiger partial charge >= 0.3 is 12.1 Å². The molecule has 2 aliphatic carbocycles. The van der Waals surface area contributed by atoms with Gasteiger partial charge in [0.05, 0.1) is 0 Å². The number of ether oxygens (including phenoxy) is 1. The predicted octanol–water partition coefficient (Wildman–Crippen LogP) is 4.23. The third-order valence-corrected chi connectivity index (χ3v) is 6.73. The minimum Gasteiger partial charge on any atom is -0.478 e. The Bertz CT molecular complexity index is 1060. The van der Waals surface area contributed by atoms with Crippen LogP contribution in [0, 0.1) is 5.92 Å². The van der Waals surface area contributed by atoms with Crippen LogP contribution in [0.5, 0.6) is 0 Å². The number of aliphatic carboxylic acids is 1. The number of alkyl carbamates (subject to hydrolysis) is 1. The van der Waals surface area contributed by atoms with Crippen molar-refractivity contribution in [3.63, 3.8) is 0 Å². The van der Waals surface area contributed by atoms with Crippen LogP contribution in [0.4, 0.5) is 4.79 Å². The Morgan fingerprint density at radius 2 is 1.68 bits per heavy atom. The van der Waals surface area contributed by atoms with Crippen molar-refractivity contribution in [2.24, 2.45) is 5.92 Å². The third kappa shape index (κ3) is 5.30. The topological polar surface area (TPSA) is 105 Å². The molecule has 0 radical (unpaired) electrons. The van der Waals surface area contributed by atoms with Gasteiger partial charge < -0.3 is 20.5 Å². The van der Waals surface area contributed by atoms with Gasteiger partial charge in [-0.2, -0.15) is 0 Å². The molecule has 178 valence electrons. The van der Waals surface area contributed by atoms with Crippen molar-refractivity contribution in [2.45, 2.75) is 44.6 Å². The first-order chi connectivity index (χ1) is 16.4. The van der Waals surface area contributed by atoms with Crippen molar-refractivity contribution < 1.29 is 24.2 Å². The van der Waals surface area contributed by atoms with Gasteiger partial charge in [-0.15, -0.1) is 0 Å². The Hall–Kier alpha value is -3.61.